The van der Waals surface area contributed by atoms with E-state index < -0.39 is 11.9 Å². The molecule has 6 nitrogen and oxygen atoms in total. The lowest BCUT2D eigenvalue weighted by Crippen LogP contribution is -2.30. The molecule has 1 fully saturated rings. The van der Waals surface area contributed by atoms with Gasteiger partial charge in [0.05, 0.1) is 18.1 Å². The normalized spacial score (nSPS) is 14.7. The molecule has 0 spiro atoms. The van der Waals surface area contributed by atoms with E-state index in [2.05, 4.69) is 27.2 Å². The van der Waals surface area contributed by atoms with Crippen LogP contribution in [0.4, 0.5) is 4.79 Å². The molecule has 0 aliphatic carbocycles. The lowest BCUT2D eigenvalue weighted by molar-refractivity contribution is -0.123. The summed E-state index contributed by atoms with van der Waals surface area (Å²) in [6.45, 7) is 0.231. The average Bonchev–Trinajstić information content (AvgIpc) is 2.95. The monoisotopic (exact) mass is 474 g/mol. The quantitative estimate of drug-likeness (QED) is 0.386. The zero-order valence-corrected chi connectivity index (χ0v) is 17.7. The number of hydrogen-bond donors (Lipinski definition) is 1. The summed E-state index contributed by atoms with van der Waals surface area (Å²) in [5, 5.41) is 3.18. The number of benzene rings is 2. The van der Waals surface area contributed by atoms with Crippen molar-refractivity contribution in [2.75, 3.05) is 13.7 Å². The Balaban J connectivity index is 1.84. The van der Waals surface area contributed by atoms with Crippen LogP contribution in [0.25, 0.3) is 6.08 Å². The number of rotatable bonds is 6. The number of hydrogen-bond acceptors (Lipinski definition) is 4. The van der Waals surface area contributed by atoms with Gasteiger partial charge in [-0.3, -0.25) is 9.69 Å². The Bertz CT molecular complexity index is 1030. The summed E-state index contributed by atoms with van der Waals surface area (Å²) in [6.07, 6.45) is 6.80. The van der Waals surface area contributed by atoms with E-state index in [1.54, 1.807) is 42.5 Å². The van der Waals surface area contributed by atoms with Crippen molar-refractivity contribution >= 4 is 45.5 Å². The SMILES string of the molecule is C#CCOc1c(Br)cc(C=C2NC(=O)N(Cc3ccc(Cl)cc3)C2=O)cc1OC. The highest BCUT2D eigenvalue weighted by molar-refractivity contribution is 9.10. The number of terminal acetylenes is 1. The molecule has 0 aromatic heterocycles. The van der Waals surface area contributed by atoms with Crippen molar-refractivity contribution in [2.45, 2.75) is 6.54 Å². The summed E-state index contributed by atoms with van der Waals surface area (Å²) in [7, 11) is 1.50. The van der Waals surface area contributed by atoms with Crippen molar-refractivity contribution in [1.29, 1.82) is 0 Å². The molecular formula is C21H16BrClN2O4. The van der Waals surface area contributed by atoms with E-state index in [1.165, 1.54) is 7.11 Å². The van der Waals surface area contributed by atoms with Gasteiger partial charge in [-0.05, 0) is 57.4 Å². The van der Waals surface area contributed by atoms with Crippen LogP contribution in [0.5, 0.6) is 11.5 Å². The predicted molar refractivity (Wildman–Crippen MR) is 114 cm³/mol. The number of ether oxygens (including phenoxy) is 2. The topological polar surface area (TPSA) is 67.9 Å². The first kappa shape index (κ1) is 20.8. The molecule has 1 aliphatic rings. The fourth-order valence-electron chi connectivity index (χ4n) is 2.73. The highest BCUT2D eigenvalue weighted by Crippen LogP contribution is 2.37. The number of nitrogens with zero attached hydrogens (tertiary/aromatic N) is 1. The Morgan fingerprint density at radius 2 is 2.00 bits per heavy atom. The summed E-state index contributed by atoms with van der Waals surface area (Å²) >= 11 is 9.29. The van der Waals surface area contributed by atoms with Gasteiger partial charge in [0.2, 0.25) is 0 Å². The minimum atomic E-state index is -0.490. The second-order valence-corrected chi connectivity index (χ2v) is 7.32. The van der Waals surface area contributed by atoms with E-state index in [-0.39, 0.29) is 18.8 Å². The van der Waals surface area contributed by atoms with Gasteiger partial charge in [-0.2, -0.15) is 0 Å². The molecule has 0 bridgehead atoms. The molecule has 0 radical (unpaired) electrons. The van der Waals surface area contributed by atoms with E-state index in [1.807, 2.05) is 0 Å². The molecular weight excluding hydrogens is 460 g/mol. The Morgan fingerprint density at radius 3 is 2.66 bits per heavy atom. The van der Waals surface area contributed by atoms with Gasteiger partial charge < -0.3 is 14.8 Å². The number of nitrogens with one attached hydrogen (secondary N) is 1. The molecule has 0 saturated carbocycles. The average molecular weight is 476 g/mol. The summed E-state index contributed by atoms with van der Waals surface area (Å²) in [6, 6.07) is 9.88. The molecule has 3 amide bonds. The molecule has 1 N–H and O–H groups in total. The van der Waals surface area contributed by atoms with Gasteiger partial charge in [-0.1, -0.05) is 29.7 Å². The minimum absolute atomic E-state index is 0.0869. The molecule has 1 heterocycles. The second kappa shape index (κ2) is 9.03. The Morgan fingerprint density at radius 1 is 1.28 bits per heavy atom. The van der Waals surface area contributed by atoms with Crippen LogP contribution < -0.4 is 14.8 Å². The van der Waals surface area contributed by atoms with Gasteiger partial charge in [-0.15, -0.1) is 6.42 Å². The molecule has 0 unspecified atom stereocenters. The molecule has 1 aliphatic heterocycles. The Hall–Kier alpha value is -2.95. The number of carbonyl (C=O) groups is 2. The third-order valence-electron chi connectivity index (χ3n) is 4.08. The number of carbonyl (C=O) groups excluding carboxylic acids is 2. The number of halogens is 2. The maximum Gasteiger partial charge on any atom is 0.329 e. The van der Waals surface area contributed by atoms with Crippen LogP contribution >= 0.6 is 27.5 Å². The fraction of sp³-hybridized carbons (Fsp3) is 0.143. The van der Waals surface area contributed by atoms with Crippen LogP contribution in [0.2, 0.25) is 5.02 Å². The lowest BCUT2D eigenvalue weighted by Gasteiger charge is -2.12. The molecule has 29 heavy (non-hydrogen) atoms. The first-order valence-corrected chi connectivity index (χ1v) is 9.62. The second-order valence-electron chi connectivity index (χ2n) is 6.03. The van der Waals surface area contributed by atoms with E-state index in [0.717, 1.165) is 10.5 Å². The molecule has 8 heteroatoms. The first-order chi connectivity index (χ1) is 13.9. The van der Waals surface area contributed by atoms with Gasteiger partial charge in [0.25, 0.3) is 5.91 Å². The summed E-state index contributed by atoms with van der Waals surface area (Å²) in [5.41, 5.74) is 1.59. The van der Waals surface area contributed by atoms with Crippen LogP contribution in [0, 0.1) is 12.3 Å². The van der Waals surface area contributed by atoms with Crippen LogP contribution in [0.1, 0.15) is 11.1 Å². The third kappa shape index (κ3) is 4.73. The number of urea groups is 1. The van der Waals surface area contributed by atoms with Crippen molar-refractivity contribution in [2.24, 2.45) is 0 Å². The van der Waals surface area contributed by atoms with E-state index in [0.29, 0.717) is 26.6 Å². The molecule has 2 aromatic rings. The Labute approximate surface area is 181 Å². The molecule has 148 valence electrons. The lowest BCUT2D eigenvalue weighted by atomic mass is 10.1. The van der Waals surface area contributed by atoms with Gasteiger partial charge >= 0.3 is 6.03 Å². The summed E-state index contributed by atoms with van der Waals surface area (Å²) in [4.78, 5) is 26.1. The molecule has 2 aromatic carbocycles. The maximum atomic E-state index is 12.7. The van der Waals surface area contributed by atoms with Crippen molar-refractivity contribution in [3.8, 4) is 23.8 Å². The van der Waals surface area contributed by atoms with Crippen LogP contribution in [-0.2, 0) is 11.3 Å². The van der Waals surface area contributed by atoms with Gasteiger partial charge in [-0.25, -0.2) is 4.79 Å². The van der Waals surface area contributed by atoms with Crippen molar-refractivity contribution < 1.29 is 19.1 Å². The van der Waals surface area contributed by atoms with Crippen molar-refractivity contribution in [3.63, 3.8) is 0 Å². The smallest absolute Gasteiger partial charge is 0.329 e. The largest absolute Gasteiger partial charge is 0.493 e. The standard InChI is InChI=1S/C21H16BrClN2O4/c1-3-8-29-19-16(22)9-14(11-18(19)28-2)10-17-20(26)25(21(27)24-17)12-13-4-6-15(23)7-5-13/h1,4-7,9-11H,8,12H2,2H3,(H,24,27). The van der Waals surface area contributed by atoms with E-state index >= 15 is 0 Å². The van der Waals surface area contributed by atoms with Gasteiger partial charge in [0, 0.05) is 5.02 Å². The third-order valence-corrected chi connectivity index (χ3v) is 4.92. The predicted octanol–water partition coefficient (Wildman–Crippen LogP) is 4.22. The Kier molecular flexibility index (Phi) is 6.47. The van der Waals surface area contributed by atoms with E-state index in [4.69, 9.17) is 27.5 Å². The number of imide groups is 1. The first-order valence-electron chi connectivity index (χ1n) is 8.45. The molecule has 1 saturated heterocycles. The van der Waals surface area contributed by atoms with Gasteiger partial charge in [0.15, 0.2) is 11.5 Å². The van der Waals surface area contributed by atoms with Crippen LogP contribution in [-0.4, -0.2) is 30.6 Å². The molecule has 3 rings (SSSR count). The van der Waals surface area contributed by atoms with Crippen molar-refractivity contribution in [3.05, 3.63) is 62.7 Å². The minimum Gasteiger partial charge on any atom is -0.493 e. The van der Waals surface area contributed by atoms with Crippen molar-refractivity contribution in [1.82, 2.24) is 10.2 Å². The zero-order valence-electron chi connectivity index (χ0n) is 15.4. The van der Waals surface area contributed by atoms with Gasteiger partial charge in [0.1, 0.15) is 12.3 Å². The fourth-order valence-corrected chi connectivity index (χ4v) is 3.43. The maximum absolute atomic E-state index is 12.7. The highest BCUT2D eigenvalue weighted by Gasteiger charge is 2.33. The highest BCUT2D eigenvalue weighted by atomic mass is 79.9. The van der Waals surface area contributed by atoms with Crippen LogP contribution in [0.15, 0.2) is 46.6 Å². The van der Waals surface area contributed by atoms with E-state index in [9.17, 15) is 9.59 Å². The van der Waals surface area contributed by atoms with Crippen LogP contribution in [0.3, 0.4) is 0 Å². The molecule has 0 atom stereocenters. The zero-order chi connectivity index (χ0) is 21.0. The summed E-state index contributed by atoms with van der Waals surface area (Å²) < 4.78 is 11.4. The summed E-state index contributed by atoms with van der Waals surface area (Å²) in [5.74, 6) is 2.87. The number of amides is 3. The number of methoxy groups -OCH3 is 1.